The summed E-state index contributed by atoms with van der Waals surface area (Å²) in [5, 5.41) is 3.07. The Hall–Kier alpha value is -4.39. The molecule has 3 N–H and O–H groups in total. The molecule has 5 rings (SSSR count). The second kappa shape index (κ2) is 8.86. The minimum absolute atomic E-state index is 0.193. The highest BCUT2D eigenvalue weighted by molar-refractivity contribution is 6.10. The first-order chi connectivity index (χ1) is 16.5. The van der Waals surface area contributed by atoms with Gasteiger partial charge in [-0.3, -0.25) is 4.79 Å². The molecule has 0 aliphatic carbocycles. The second-order valence-electron chi connectivity index (χ2n) is 8.18. The molecular weight excluding hydrogens is 426 g/mol. The maximum atomic E-state index is 13.5. The van der Waals surface area contributed by atoms with Gasteiger partial charge in [0.2, 0.25) is 0 Å². The van der Waals surface area contributed by atoms with Gasteiger partial charge in [-0.1, -0.05) is 54.6 Å². The van der Waals surface area contributed by atoms with E-state index in [2.05, 4.69) is 5.32 Å². The normalized spacial score (nSPS) is 12.1. The number of hydrogen-bond donors (Lipinski definition) is 2. The number of carbonyl (C=O) groups is 1. The van der Waals surface area contributed by atoms with Gasteiger partial charge < -0.3 is 20.4 Å². The SMILES string of the molecule is COc1ccc(Cn2c(N)c(C(=O)NC(C)c3ccccc3)c3nc4ccccc4nc32)cc1. The molecule has 0 bridgehead atoms. The summed E-state index contributed by atoms with van der Waals surface area (Å²) < 4.78 is 7.11. The van der Waals surface area contributed by atoms with Crippen LogP contribution in [-0.4, -0.2) is 27.6 Å². The average Bonchev–Trinajstić information content (AvgIpc) is 3.13. The molecule has 0 spiro atoms. The van der Waals surface area contributed by atoms with Crippen LogP contribution in [-0.2, 0) is 6.54 Å². The molecular formula is C27H25N5O2. The van der Waals surface area contributed by atoms with Crippen molar-refractivity contribution in [1.82, 2.24) is 19.9 Å². The molecule has 0 radical (unpaired) electrons. The first kappa shape index (κ1) is 21.5. The Labute approximate surface area is 197 Å². The van der Waals surface area contributed by atoms with Crippen LogP contribution in [0, 0.1) is 0 Å². The highest BCUT2D eigenvalue weighted by atomic mass is 16.5. The van der Waals surface area contributed by atoms with E-state index in [0.717, 1.165) is 22.4 Å². The van der Waals surface area contributed by atoms with E-state index in [1.807, 2.05) is 90.4 Å². The van der Waals surface area contributed by atoms with Crippen molar-refractivity contribution >= 4 is 33.9 Å². The highest BCUT2D eigenvalue weighted by Crippen LogP contribution is 2.29. The fourth-order valence-corrected chi connectivity index (χ4v) is 4.11. The zero-order valence-corrected chi connectivity index (χ0v) is 19.0. The lowest BCUT2D eigenvalue weighted by atomic mass is 10.1. The number of anilines is 1. The second-order valence-corrected chi connectivity index (χ2v) is 8.18. The molecule has 0 saturated carbocycles. The van der Waals surface area contributed by atoms with Gasteiger partial charge in [0.15, 0.2) is 5.65 Å². The molecule has 1 atom stereocenters. The van der Waals surface area contributed by atoms with Crippen LogP contribution in [0.4, 0.5) is 5.82 Å². The van der Waals surface area contributed by atoms with Crippen LogP contribution in [0.25, 0.3) is 22.2 Å². The van der Waals surface area contributed by atoms with Crippen LogP contribution in [0.2, 0.25) is 0 Å². The Kier molecular flexibility index (Phi) is 5.59. The minimum atomic E-state index is -0.281. The molecule has 7 heteroatoms. The Balaban J connectivity index is 1.60. The van der Waals surface area contributed by atoms with Crippen molar-refractivity contribution < 1.29 is 9.53 Å². The maximum Gasteiger partial charge on any atom is 0.257 e. The number of methoxy groups -OCH3 is 1. The first-order valence-corrected chi connectivity index (χ1v) is 11.1. The molecule has 7 nitrogen and oxygen atoms in total. The Morgan fingerprint density at radius 2 is 1.62 bits per heavy atom. The number of amides is 1. The van der Waals surface area contributed by atoms with E-state index >= 15 is 0 Å². The molecule has 2 heterocycles. The molecule has 5 aromatic rings. The number of rotatable bonds is 6. The van der Waals surface area contributed by atoms with Crippen molar-refractivity contribution in [3.8, 4) is 5.75 Å². The van der Waals surface area contributed by atoms with Crippen molar-refractivity contribution in [3.05, 3.63) is 95.6 Å². The lowest BCUT2D eigenvalue weighted by Crippen LogP contribution is -2.27. The van der Waals surface area contributed by atoms with E-state index in [1.165, 1.54) is 0 Å². The third-order valence-electron chi connectivity index (χ3n) is 5.97. The van der Waals surface area contributed by atoms with Crippen molar-refractivity contribution in [3.63, 3.8) is 0 Å². The number of aromatic nitrogens is 3. The van der Waals surface area contributed by atoms with Gasteiger partial charge in [0, 0.05) is 0 Å². The summed E-state index contributed by atoms with van der Waals surface area (Å²) in [5.41, 5.74) is 11.5. The number of nitrogens with one attached hydrogen (secondary N) is 1. The van der Waals surface area contributed by atoms with Gasteiger partial charge in [0.25, 0.3) is 5.91 Å². The lowest BCUT2D eigenvalue weighted by molar-refractivity contribution is 0.0942. The topological polar surface area (TPSA) is 95.1 Å². The highest BCUT2D eigenvalue weighted by Gasteiger charge is 2.25. The van der Waals surface area contributed by atoms with Crippen LogP contribution >= 0.6 is 0 Å². The minimum Gasteiger partial charge on any atom is -0.497 e. The van der Waals surface area contributed by atoms with Crippen LogP contribution < -0.4 is 15.8 Å². The van der Waals surface area contributed by atoms with E-state index in [-0.39, 0.29) is 11.9 Å². The van der Waals surface area contributed by atoms with E-state index in [9.17, 15) is 4.79 Å². The molecule has 1 amide bonds. The number of nitrogens with two attached hydrogens (primary N) is 1. The van der Waals surface area contributed by atoms with Gasteiger partial charge in [0.05, 0.1) is 30.7 Å². The summed E-state index contributed by atoms with van der Waals surface area (Å²) >= 11 is 0. The fourth-order valence-electron chi connectivity index (χ4n) is 4.11. The Bertz CT molecular complexity index is 1480. The summed E-state index contributed by atoms with van der Waals surface area (Å²) in [6, 6.07) is 24.9. The summed E-state index contributed by atoms with van der Waals surface area (Å²) in [6.45, 7) is 2.39. The molecule has 1 unspecified atom stereocenters. The van der Waals surface area contributed by atoms with Gasteiger partial charge in [-0.15, -0.1) is 0 Å². The average molecular weight is 452 g/mol. The summed E-state index contributed by atoms with van der Waals surface area (Å²) in [5.74, 6) is 0.825. The van der Waals surface area contributed by atoms with Crippen LogP contribution in [0.1, 0.15) is 34.5 Å². The molecule has 3 aromatic carbocycles. The van der Waals surface area contributed by atoms with E-state index in [0.29, 0.717) is 34.6 Å². The predicted octanol–water partition coefficient (Wildman–Crippen LogP) is 4.71. The molecule has 2 aromatic heterocycles. The maximum absolute atomic E-state index is 13.5. The van der Waals surface area contributed by atoms with Gasteiger partial charge >= 0.3 is 0 Å². The van der Waals surface area contributed by atoms with Gasteiger partial charge in [-0.25, -0.2) is 9.97 Å². The number of nitrogens with zero attached hydrogens (tertiary/aromatic N) is 3. The van der Waals surface area contributed by atoms with Crippen LogP contribution in [0.15, 0.2) is 78.9 Å². The smallest absolute Gasteiger partial charge is 0.257 e. The quantitative estimate of drug-likeness (QED) is 0.390. The number of fused-ring (bicyclic) bond motifs is 2. The number of para-hydroxylation sites is 2. The largest absolute Gasteiger partial charge is 0.497 e. The van der Waals surface area contributed by atoms with E-state index in [1.54, 1.807) is 7.11 Å². The van der Waals surface area contributed by atoms with Gasteiger partial charge in [-0.05, 0) is 42.3 Å². The molecule has 0 aliphatic heterocycles. The van der Waals surface area contributed by atoms with E-state index in [4.69, 9.17) is 20.4 Å². The molecule has 170 valence electrons. The summed E-state index contributed by atoms with van der Waals surface area (Å²) in [7, 11) is 1.63. The Morgan fingerprint density at radius 1 is 0.971 bits per heavy atom. The molecule has 0 fully saturated rings. The number of benzene rings is 3. The van der Waals surface area contributed by atoms with Crippen molar-refractivity contribution in [1.29, 1.82) is 0 Å². The number of hydrogen-bond acceptors (Lipinski definition) is 5. The standard InChI is InChI=1S/C27H25N5O2/c1-17(19-8-4-3-5-9-19)29-27(33)23-24-26(31-22-11-7-6-10-21(22)30-24)32(25(23)28)16-18-12-14-20(34-2)15-13-18/h3-15,17H,16,28H2,1-2H3,(H,29,33). The van der Waals surface area contributed by atoms with Gasteiger partial charge in [0.1, 0.15) is 22.6 Å². The number of nitrogen functional groups attached to an aromatic ring is 1. The van der Waals surface area contributed by atoms with Crippen LogP contribution in [0.3, 0.4) is 0 Å². The van der Waals surface area contributed by atoms with Gasteiger partial charge in [-0.2, -0.15) is 0 Å². The summed E-state index contributed by atoms with van der Waals surface area (Å²) in [6.07, 6.45) is 0. The molecule has 0 aliphatic rings. The third kappa shape index (κ3) is 3.92. The fraction of sp³-hybridized carbons (Fsp3) is 0.148. The van der Waals surface area contributed by atoms with Crippen LogP contribution in [0.5, 0.6) is 5.75 Å². The third-order valence-corrected chi connectivity index (χ3v) is 5.97. The Morgan fingerprint density at radius 3 is 2.29 bits per heavy atom. The zero-order chi connectivity index (χ0) is 23.7. The van der Waals surface area contributed by atoms with Crippen molar-refractivity contribution in [2.75, 3.05) is 12.8 Å². The zero-order valence-electron chi connectivity index (χ0n) is 19.0. The van der Waals surface area contributed by atoms with Crippen molar-refractivity contribution in [2.24, 2.45) is 0 Å². The molecule has 34 heavy (non-hydrogen) atoms. The number of ether oxygens (including phenoxy) is 1. The van der Waals surface area contributed by atoms with E-state index < -0.39 is 0 Å². The molecule has 0 saturated heterocycles. The predicted molar refractivity (Wildman–Crippen MR) is 134 cm³/mol. The first-order valence-electron chi connectivity index (χ1n) is 11.1. The van der Waals surface area contributed by atoms with Crippen molar-refractivity contribution in [2.45, 2.75) is 19.5 Å². The summed E-state index contributed by atoms with van der Waals surface area (Å²) in [4.78, 5) is 23.1. The number of carbonyl (C=O) groups excluding carboxylic acids is 1. The lowest BCUT2D eigenvalue weighted by Gasteiger charge is -2.14. The monoisotopic (exact) mass is 451 g/mol.